The van der Waals surface area contributed by atoms with Gasteiger partial charge in [0, 0.05) is 17.6 Å². The van der Waals surface area contributed by atoms with Crippen molar-refractivity contribution in [1.29, 1.82) is 5.26 Å². The Hall–Kier alpha value is -1.12. The first-order chi connectivity index (χ1) is 9.56. The zero-order valence-electron chi connectivity index (χ0n) is 12.0. The third kappa shape index (κ3) is 2.43. The SMILES string of the molecule is N#C[C@@H]1CCCN1C(=O)CNC12CCC(N)(CC1)CC2. The standard InChI is InChI=1S/C15H24N4O/c16-10-12-2-1-9-19(12)13(20)11-18-15-6-3-14(17,4-7-15)5-8-15/h12,18H,1-9,11,17H2/t12-,14?,15?/m0/s1. The predicted octanol–water partition coefficient (Wildman–Crippen LogP) is 0.895. The minimum absolute atomic E-state index is 0.0638. The lowest BCUT2D eigenvalue weighted by Gasteiger charge is -2.52. The third-order valence-electron chi connectivity index (χ3n) is 5.64. The number of nitrogens with one attached hydrogen (secondary N) is 1. The summed E-state index contributed by atoms with van der Waals surface area (Å²) in [6.07, 6.45) is 8.22. The Morgan fingerprint density at radius 1 is 1.30 bits per heavy atom. The lowest BCUT2D eigenvalue weighted by Crippen LogP contribution is -2.61. The van der Waals surface area contributed by atoms with Crippen molar-refractivity contribution < 1.29 is 4.79 Å². The van der Waals surface area contributed by atoms with Gasteiger partial charge in [-0.2, -0.15) is 5.26 Å². The monoisotopic (exact) mass is 276 g/mol. The molecule has 3 saturated carbocycles. The molecule has 3 aliphatic carbocycles. The van der Waals surface area contributed by atoms with Crippen LogP contribution in [0, 0.1) is 11.3 Å². The van der Waals surface area contributed by atoms with Crippen molar-refractivity contribution >= 4 is 5.91 Å². The quantitative estimate of drug-likeness (QED) is 0.802. The van der Waals surface area contributed by atoms with E-state index in [4.69, 9.17) is 11.0 Å². The van der Waals surface area contributed by atoms with Gasteiger partial charge in [-0.1, -0.05) is 0 Å². The number of carbonyl (C=O) groups is 1. The lowest BCUT2D eigenvalue weighted by molar-refractivity contribution is -0.130. The van der Waals surface area contributed by atoms with E-state index in [2.05, 4.69) is 11.4 Å². The molecule has 4 aliphatic rings. The summed E-state index contributed by atoms with van der Waals surface area (Å²) in [5.74, 6) is 0.0820. The van der Waals surface area contributed by atoms with Gasteiger partial charge in [-0.15, -0.1) is 0 Å². The summed E-state index contributed by atoms with van der Waals surface area (Å²) in [7, 11) is 0. The Bertz CT molecular complexity index is 417. The normalized spacial score (nSPS) is 39.8. The van der Waals surface area contributed by atoms with E-state index in [9.17, 15) is 4.79 Å². The van der Waals surface area contributed by atoms with Crippen LogP contribution in [0.15, 0.2) is 0 Å². The molecule has 110 valence electrons. The molecule has 0 aromatic rings. The molecule has 5 nitrogen and oxygen atoms in total. The van der Waals surface area contributed by atoms with Crippen molar-refractivity contribution in [2.45, 2.75) is 68.5 Å². The lowest BCUT2D eigenvalue weighted by atomic mass is 9.62. The van der Waals surface area contributed by atoms with Gasteiger partial charge in [-0.3, -0.25) is 4.79 Å². The highest BCUT2D eigenvalue weighted by Crippen LogP contribution is 2.45. The number of hydrogen-bond donors (Lipinski definition) is 2. The molecular formula is C15H24N4O. The molecule has 4 fully saturated rings. The van der Waals surface area contributed by atoms with Crippen LogP contribution in [0.5, 0.6) is 0 Å². The molecule has 0 spiro atoms. The second kappa shape index (κ2) is 5.01. The largest absolute Gasteiger partial charge is 0.326 e. The molecule has 20 heavy (non-hydrogen) atoms. The Morgan fingerprint density at radius 3 is 2.55 bits per heavy atom. The van der Waals surface area contributed by atoms with E-state index < -0.39 is 0 Å². The summed E-state index contributed by atoms with van der Waals surface area (Å²) in [6.45, 7) is 1.10. The van der Waals surface area contributed by atoms with Gasteiger partial charge in [0.2, 0.25) is 5.91 Å². The highest BCUT2D eigenvalue weighted by Gasteiger charge is 2.46. The maximum Gasteiger partial charge on any atom is 0.237 e. The molecular weight excluding hydrogens is 252 g/mol. The summed E-state index contributed by atoms with van der Waals surface area (Å²) >= 11 is 0. The Labute approximate surface area is 120 Å². The van der Waals surface area contributed by atoms with E-state index in [1.165, 1.54) is 0 Å². The molecule has 1 aliphatic heterocycles. The number of nitriles is 1. The first-order valence-corrected chi connectivity index (χ1v) is 7.79. The van der Waals surface area contributed by atoms with Gasteiger partial charge in [-0.25, -0.2) is 0 Å². The Balaban J connectivity index is 1.55. The van der Waals surface area contributed by atoms with Crippen LogP contribution in [-0.4, -0.2) is 41.0 Å². The van der Waals surface area contributed by atoms with Crippen LogP contribution in [0.3, 0.4) is 0 Å². The van der Waals surface area contributed by atoms with Gasteiger partial charge < -0.3 is 16.0 Å². The maximum atomic E-state index is 12.3. The van der Waals surface area contributed by atoms with E-state index in [0.29, 0.717) is 6.54 Å². The van der Waals surface area contributed by atoms with Crippen molar-refractivity contribution in [1.82, 2.24) is 10.2 Å². The van der Waals surface area contributed by atoms with Crippen molar-refractivity contribution in [3.8, 4) is 6.07 Å². The summed E-state index contributed by atoms with van der Waals surface area (Å²) in [6, 6.07) is 2.02. The van der Waals surface area contributed by atoms with Crippen molar-refractivity contribution in [3.63, 3.8) is 0 Å². The van der Waals surface area contributed by atoms with E-state index in [0.717, 1.165) is 57.9 Å². The number of carbonyl (C=O) groups excluding carboxylic acids is 1. The van der Waals surface area contributed by atoms with E-state index in [1.54, 1.807) is 4.90 Å². The molecule has 0 radical (unpaired) electrons. The smallest absolute Gasteiger partial charge is 0.237 e. The second-order valence-corrected chi connectivity index (χ2v) is 6.87. The van der Waals surface area contributed by atoms with Crippen LogP contribution in [0.2, 0.25) is 0 Å². The van der Waals surface area contributed by atoms with Crippen molar-refractivity contribution in [3.05, 3.63) is 0 Å². The number of nitrogens with zero attached hydrogens (tertiary/aromatic N) is 2. The minimum Gasteiger partial charge on any atom is -0.326 e. The fraction of sp³-hybridized carbons (Fsp3) is 0.867. The number of hydrogen-bond acceptors (Lipinski definition) is 4. The summed E-state index contributed by atoms with van der Waals surface area (Å²) in [4.78, 5) is 14.0. The molecule has 4 rings (SSSR count). The predicted molar refractivity (Wildman–Crippen MR) is 75.7 cm³/mol. The molecule has 0 aromatic carbocycles. The Kier molecular flexibility index (Phi) is 3.47. The van der Waals surface area contributed by atoms with Gasteiger partial charge in [0.1, 0.15) is 6.04 Å². The molecule has 3 N–H and O–H groups in total. The molecule has 0 unspecified atom stereocenters. The molecule has 1 amide bonds. The van der Waals surface area contributed by atoms with Crippen LogP contribution in [0.4, 0.5) is 0 Å². The molecule has 1 atom stereocenters. The molecule has 5 heteroatoms. The van der Waals surface area contributed by atoms with E-state index >= 15 is 0 Å². The van der Waals surface area contributed by atoms with Gasteiger partial charge in [0.15, 0.2) is 0 Å². The molecule has 2 bridgehead atoms. The average molecular weight is 276 g/mol. The third-order valence-corrected chi connectivity index (χ3v) is 5.64. The minimum atomic E-state index is -0.212. The van der Waals surface area contributed by atoms with Gasteiger partial charge in [0.25, 0.3) is 0 Å². The number of fused-ring (bicyclic) bond motifs is 3. The first-order valence-electron chi connectivity index (χ1n) is 7.79. The maximum absolute atomic E-state index is 12.3. The van der Waals surface area contributed by atoms with Gasteiger partial charge in [0.05, 0.1) is 12.6 Å². The number of amides is 1. The van der Waals surface area contributed by atoms with E-state index in [1.807, 2.05) is 0 Å². The highest BCUT2D eigenvalue weighted by molar-refractivity contribution is 5.79. The van der Waals surface area contributed by atoms with Gasteiger partial charge >= 0.3 is 0 Å². The van der Waals surface area contributed by atoms with Gasteiger partial charge in [-0.05, 0) is 51.4 Å². The number of rotatable bonds is 3. The van der Waals surface area contributed by atoms with Crippen LogP contribution in [0.25, 0.3) is 0 Å². The molecule has 1 saturated heterocycles. The van der Waals surface area contributed by atoms with Crippen LogP contribution >= 0.6 is 0 Å². The zero-order chi connectivity index (χ0) is 14.2. The first kappa shape index (κ1) is 13.8. The fourth-order valence-corrected chi connectivity index (χ4v) is 4.04. The zero-order valence-corrected chi connectivity index (χ0v) is 12.0. The highest BCUT2D eigenvalue weighted by atomic mass is 16.2. The molecule has 0 aromatic heterocycles. The van der Waals surface area contributed by atoms with Crippen molar-refractivity contribution in [2.24, 2.45) is 5.73 Å². The summed E-state index contributed by atoms with van der Waals surface area (Å²) < 4.78 is 0. The summed E-state index contributed by atoms with van der Waals surface area (Å²) in [5, 5.41) is 12.6. The van der Waals surface area contributed by atoms with Crippen LogP contribution in [-0.2, 0) is 4.79 Å². The number of nitrogens with two attached hydrogens (primary N) is 1. The fourth-order valence-electron chi connectivity index (χ4n) is 4.04. The topological polar surface area (TPSA) is 82.2 Å². The molecule has 1 heterocycles. The van der Waals surface area contributed by atoms with Crippen LogP contribution < -0.4 is 11.1 Å². The summed E-state index contributed by atoms with van der Waals surface area (Å²) in [5.41, 5.74) is 6.50. The average Bonchev–Trinajstić information content (AvgIpc) is 2.95. The Morgan fingerprint density at radius 2 is 1.95 bits per heavy atom. The van der Waals surface area contributed by atoms with E-state index in [-0.39, 0.29) is 23.0 Å². The van der Waals surface area contributed by atoms with Crippen molar-refractivity contribution in [2.75, 3.05) is 13.1 Å². The second-order valence-electron chi connectivity index (χ2n) is 6.87. The number of likely N-dealkylation sites (tertiary alicyclic amines) is 1. The van der Waals surface area contributed by atoms with Crippen LogP contribution in [0.1, 0.15) is 51.4 Å².